The van der Waals surface area contributed by atoms with Crippen molar-refractivity contribution >= 4 is 0 Å². The van der Waals surface area contributed by atoms with Crippen LogP contribution in [0.4, 0.5) is 22.0 Å². The van der Waals surface area contributed by atoms with Crippen LogP contribution in [0.2, 0.25) is 0 Å². The first-order valence-electron chi connectivity index (χ1n) is 8.53. The molecule has 0 spiro atoms. The molecule has 3 rings (SSSR count). The van der Waals surface area contributed by atoms with E-state index in [4.69, 9.17) is 14.2 Å². The average molecular weight is 436 g/mol. The van der Waals surface area contributed by atoms with Gasteiger partial charge in [0.2, 0.25) is 5.75 Å². The maximum absolute atomic E-state index is 13.2. The van der Waals surface area contributed by atoms with E-state index in [9.17, 15) is 27.1 Å². The number of benzene rings is 2. The number of hydrogen-bond donors (Lipinski definition) is 1. The van der Waals surface area contributed by atoms with Gasteiger partial charge in [-0.15, -0.1) is 8.78 Å². The van der Waals surface area contributed by atoms with Crippen LogP contribution in [0.1, 0.15) is 24.2 Å². The lowest BCUT2D eigenvalue weighted by Gasteiger charge is -2.24. The molecule has 1 N–H and O–H groups in total. The van der Waals surface area contributed by atoms with E-state index in [1.165, 1.54) is 19.1 Å². The summed E-state index contributed by atoms with van der Waals surface area (Å²) in [5.41, 5.74) is -0.846. The molecule has 1 aliphatic heterocycles. The molecule has 0 saturated carbocycles. The molecule has 2 atom stereocenters. The second kappa shape index (κ2) is 7.71. The predicted octanol–water partition coefficient (Wildman–Crippen LogP) is 4.55. The van der Waals surface area contributed by atoms with Crippen LogP contribution in [-0.2, 0) is 6.18 Å². The van der Waals surface area contributed by atoms with Gasteiger partial charge >= 0.3 is 12.5 Å². The Bertz CT molecular complexity index is 905. The molecule has 0 unspecified atom stereocenters. The third-order valence-electron chi connectivity index (χ3n) is 4.30. The van der Waals surface area contributed by atoms with Crippen molar-refractivity contribution in [1.29, 1.82) is 0 Å². The van der Waals surface area contributed by atoms with E-state index in [2.05, 4.69) is 9.47 Å². The number of aliphatic hydroxyl groups excluding tert-OH is 1. The number of ether oxygens (including phenoxy) is 5. The maximum Gasteiger partial charge on any atom is 0.586 e. The van der Waals surface area contributed by atoms with Gasteiger partial charge in [-0.05, 0) is 36.8 Å². The van der Waals surface area contributed by atoms with E-state index in [-0.39, 0.29) is 34.3 Å². The molecule has 0 radical (unpaired) electrons. The second-order valence-corrected chi connectivity index (χ2v) is 6.35. The Kier molecular flexibility index (Phi) is 5.59. The van der Waals surface area contributed by atoms with Crippen molar-refractivity contribution in [3.05, 3.63) is 41.5 Å². The van der Waals surface area contributed by atoms with Crippen LogP contribution in [0.25, 0.3) is 0 Å². The smallest absolute Gasteiger partial charge is 0.493 e. The van der Waals surface area contributed by atoms with Gasteiger partial charge in [0.05, 0.1) is 19.8 Å². The molecule has 0 bridgehead atoms. The minimum atomic E-state index is -4.64. The van der Waals surface area contributed by atoms with Crippen LogP contribution >= 0.6 is 0 Å². The summed E-state index contributed by atoms with van der Waals surface area (Å²) >= 11 is 0. The van der Waals surface area contributed by atoms with Gasteiger partial charge in [-0.25, -0.2) is 0 Å². The standard InChI is InChI=1S/C19H17F5O6/c1-9(16(25)10-4-5-12-13(6-10)30-19(23,24)29-12)28-17-14(26-2)7-11(18(20,21)22)8-15(17)27-3/h4-9,16,25H,1-3H3/t9-,16-/m1/s1. The average Bonchev–Trinajstić information content (AvgIpc) is 2.99. The zero-order chi connectivity index (χ0) is 22.3. The summed E-state index contributed by atoms with van der Waals surface area (Å²) in [7, 11) is 2.31. The highest BCUT2D eigenvalue weighted by Crippen LogP contribution is 2.45. The zero-order valence-corrected chi connectivity index (χ0v) is 15.9. The third kappa shape index (κ3) is 4.30. The third-order valence-corrected chi connectivity index (χ3v) is 4.30. The van der Waals surface area contributed by atoms with Crippen molar-refractivity contribution in [2.45, 2.75) is 31.6 Å². The van der Waals surface area contributed by atoms with Crippen LogP contribution in [0.3, 0.4) is 0 Å². The van der Waals surface area contributed by atoms with E-state index in [0.29, 0.717) is 0 Å². The maximum atomic E-state index is 13.2. The fourth-order valence-corrected chi connectivity index (χ4v) is 2.83. The monoisotopic (exact) mass is 436 g/mol. The van der Waals surface area contributed by atoms with Crippen LogP contribution in [-0.4, -0.2) is 31.7 Å². The van der Waals surface area contributed by atoms with Gasteiger partial charge in [0.1, 0.15) is 12.2 Å². The van der Waals surface area contributed by atoms with Crippen molar-refractivity contribution < 1.29 is 50.7 Å². The molecule has 0 fully saturated rings. The van der Waals surface area contributed by atoms with E-state index in [1.807, 2.05) is 0 Å². The van der Waals surface area contributed by atoms with Crippen molar-refractivity contribution in [3.63, 3.8) is 0 Å². The SMILES string of the molecule is COc1cc(C(F)(F)F)cc(OC)c1O[C@H](C)[C@@H](O)c1ccc2c(c1)OC(F)(F)O2. The molecule has 164 valence electrons. The van der Waals surface area contributed by atoms with Gasteiger partial charge in [-0.1, -0.05) is 6.07 Å². The molecule has 0 aliphatic carbocycles. The number of fused-ring (bicyclic) bond motifs is 1. The number of methoxy groups -OCH3 is 2. The highest BCUT2D eigenvalue weighted by Gasteiger charge is 2.43. The Hall–Kier alpha value is -2.95. The van der Waals surface area contributed by atoms with E-state index in [1.54, 1.807) is 0 Å². The number of halogens is 5. The van der Waals surface area contributed by atoms with Crippen molar-refractivity contribution in [1.82, 2.24) is 0 Å². The first kappa shape index (κ1) is 21.8. The van der Waals surface area contributed by atoms with Gasteiger partial charge in [0.15, 0.2) is 23.0 Å². The molecule has 0 saturated heterocycles. The highest BCUT2D eigenvalue weighted by molar-refractivity contribution is 5.54. The number of alkyl halides is 5. The molecule has 30 heavy (non-hydrogen) atoms. The normalized spacial score (nSPS) is 16.7. The van der Waals surface area contributed by atoms with Gasteiger partial charge in [-0.3, -0.25) is 0 Å². The summed E-state index contributed by atoms with van der Waals surface area (Å²) < 4.78 is 89.7. The highest BCUT2D eigenvalue weighted by atomic mass is 19.4. The molecule has 6 nitrogen and oxygen atoms in total. The lowest BCUT2D eigenvalue weighted by molar-refractivity contribution is -0.286. The molecular weight excluding hydrogens is 419 g/mol. The quantitative estimate of drug-likeness (QED) is 0.671. The molecular formula is C19H17F5O6. The van der Waals surface area contributed by atoms with Crippen LogP contribution in [0.5, 0.6) is 28.7 Å². The minimum absolute atomic E-state index is 0.160. The fourth-order valence-electron chi connectivity index (χ4n) is 2.83. The Morgan fingerprint density at radius 1 is 0.967 bits per heavy atom. The van der Waals surface area contributed by atoms with E-state index in [0.717, 1.165) is 32.4 Å². The Morgan fingerprint density at radius 2 is 1.53 bits per heavy atom. The minimum Gasteiger partial charge on any atom is -0.493 e. The Morgan fingerprint density at radius 3 is 2.07 bits per heavy atom. The van der Waals surface area contributed by atoms with Gasteiger partial charge in [-0.2, -0.15) is 13.2 Å². The van der Waals surface area contributed by atoms with E-state index >= 15 is 0 Å². The van der Waals surface area contributed by atoms with Crippen molar-refractivity contribution in [2.75, 3.05) is 14.2 Å². The molecule has 0 aromatic heterocycles. The molecule has 2 aromatic rings. The summed E-state index contributed by atoms with van der Waals surface area (Å²) in [6, 6.07) is 5.15. The predicted molar refractivity (Wildman–Crippen MR) is 92.2 cm³/mol. The second-order valence-electron chi connectivity index (χ2n) is 6.35. The number of aliphatic hydroxyl groups is 1. The summed E-state index contributed by atoms with van der Waals surface area (Å²) in [5, 5.41) is 10.6. The summed E-state index contributed by atoms with van der Waals surface area (Å²) in [5.74, 6) is -1.15. The van der Waals surface area contributed by atoms with E-state index < -0.39 is 30.2 Å². The van der Waals surface area contributed by atoms with Gasteiger partial charge in [0, 0.05) is 0 Å². The lowest BCUT2D eigenvalue weighted by Crippen LogP contribution is -2.26. The van der Waals surface area contributed by atoms with Crippen LogP contribution in [0.15, 0.2) is 30.3 Å². The zero-order valence-electron chi connectivity index (χ0n) is 15.9. The topological polar surface area (TPSA) is 66.4 Å². The summed E-state index contributed by atoms with van der Waals surface area (Å²) in [6.07, 6.45) is -10.8. The Balaban J connectivity index is 1.86. The fraction of sp³-hybridized carbons (Fsp3) is 0.368. The largest absolute Gasteiger partial charge is 0.586 e. The number of rotatable bonds is 6. The van der Waals surface area contributed by atoms with Gasteiger partial charge < -0.3 is 28.8 Å². The number of hydrogen-bond acceptors (Lipinski definition) is 6. The van der Waals surface area contributed by atoms with Crippen molar-refractivity contribution in [3.8, 4) is 28.7 Å². The molecule has 11 heteroatoms. The summed E-state index contributed by atoms with van der Waals surface area (Å²) in [6.45, 7) is 1.43. The molecule has 1 aliphatic rings. The van der Waals surface area contributed by atoms with Crippen LogP contribution < -0.4 is 23.7 Å². The summed E-state index contributed by atoms with van der Waals surface area (Å²) in [4.78, 5) is 0. The molecule has 2 aromatic carbocycles. The Labute approximate surface area is 167 Å². The molecule has 1 heterocycles. The lowest BCUT2D eigenvalue weighted by atomic mass is 10.0. The van der Waals surface area contributed by atoms with Crippen LogP contribution in [0, 0.1) is 0 Å². The first-order valence-corrected chi connectivity index (χ1v) is 8.53. The van der Waals surface area contributed by atoms with Crippen molar-refractivity contribution in [2.24, 2.45) is 0 Å². The molecule has 0 amide bonds. The van der Waals surface area contributed by atoms with Gasteiger partial charge in [0.25, 0.3) is 0 Å². The first-order chi connectivity index (χ1) is 13.9.